The van der Waals surface area contributed by atoms with Crippen molar-refractivity contribution in [3.63, 3.8) is 0 Å². The van der Waals surface area contributed by atoms with Crippen LogP contribution in [0.15, 0.2) is 24.3 Å². The summed E-state index contributed by atoms with van der Waals surface area (Å²) in [6.07, 6.45) is 0.825. The van der Waals surface area contributed by atoms with Gasteiger partial charge in [0.25, 0.3) is 0 Å². The molecule has 0 spiro atoms. The summed E-state index contributed by atoms with van der Waals surface area (Å²) in [6, 6.07) is 7.49. The van der Waals surface area contributed by atoms with Crippen molar-refractivity contribution in [1.29, 1.82) is 0 Å². The molecule has 0 aromatic heterocycles. The number of carbonyl (C=O) groups excluding carboxylic acids is 1. The molecule has 1 unspecified atom stereocenters. The van der Waals surface area contributed by atoms with E-state index < -0.39 is 12.1 Å². The molecule has 0 bridgehead atoms. The predicted octanol–water partition coefficient (Wildman–Crippen LogP) is 1.96. The number of aliphatic hydroxyl groups is 1. The number of hydrogen-bond acceptors (Lipinski definition) is 4. The summed E-state index contributed by atoms with van der Waals surface area (Å²) in [4.78, 5) is 11.7. The van der Waals surface area contributed by atoms with Crippen LogP contribution in [-0.4, -0.2) is 31.4 Å². The number of benzene rings is 1. The van der Waals surface area contributed by atoms with Gasteiger partial charge in [-0.1, -0.05) is 24.3 Å². The average molecular weight is 264 g/mol. The first-order valence-electron chi connectivity index (χ1n) is 6.57. The van der Waals surface area contributed by atoms with E-state index in [-0.39, 0.29) is 12.0 Å². The number of esters is 1. The minimum Gasteiger partial charge on any atom is -0.464 e. The number of ether oxygens (including phenoxy) is 2. The van der Waals surface area contributed by atoms with Crippen molar-refractivity contribution in [3.8, 4) is 0 Å². The Labute approximate surface area is 113 Å². The fourth-order valence-electron chi connectivity index (χ4n) is 2.49. The van der Waals surface area contributed by atoms with Gasteiger partial charge in [-0.2, -0.15) is 0 Å². The predicted molar refractivity (Wildman–Crippen MR) is 70.8 cm³/mol. The molecule has 0 radical (unpaired) electrons. The van der Waals surface area contributed by atoms with Gasteiger partial charge in [-0.3, -0.25) is 0 Å². The maximum atomic E-state index is 11.7. The molecule has 1 N–H and O–H groups in total. The molecule has 1 aliphatic carbocycles. The summed E-state index contributed by atoms with van der Waals surface area (Å²) >= 11 is 0. The smallest absolute Gasteiger partial charge is 0.339 e. The first-order valence-corrected chi connectivity index (χ1v) is 6.57. The minimum atomic E-state index is -1.22. The maximum absolute atomic E-state index is 11.7. The van der Waals surface area contributed by atoms with Gasteiger partial charge in [0.2, 0.25) is 0 Å². The Hall–Kier alpha value is -1.39. The van der Waals surface area contributed by atoms with E-state index in [0.29, 0.717) is 12.2 Å². The zero-order valence-electron chi connectivity index (χ0n) is 11.4. The van der Waals surface area contributed by atoms with Crippen molar-refractivity contribution in [3.05, 3.63) is 35.4 Å². The normalized spacial score (nSPS) is 17.8. The topological polar surface area (TPSA) is 55.8 Å². The van der Waals surface area contributed by atoms with Gasteiger partial charge < -0.3 is 14.6 Å². The van der Waals surface area contributed by atoms with Gasteiger partial charge in [-0.05, 0) is 30.9 Å². The van der Waals surface area contributed by atoms with Crippen LogP contribution in [-0.2, 0) is 19.7 Å². The molecule has 104 valence electrons. The second-order valence-electron chi connectivity index (χ2n) is 4.96. The number of hydrogen-bond donors (Lipinski definition) is 1. The Bertz CT molecular complexity index is 451. The van der Waals surface area contributed by atoms with Crippen LogP contribution in [0.3, 0.4) is 0 Å². The van der Waals surface area contributed by atoms with E-state index in [2.05, 4.69) is 0 Å². The van der Waals surface area contributed by atoms with Crippen LogP contribution in [0, 0.1) is 0 Å². The van der Waals surface area contributed by atoms with Crippen molar-refractivity contribution in [2.45, 2.75) is 31.3 Å². The summed E-state index contributed by atoms with van der Waals surface area (Å²) in [5.74, 6) is -0.594. The highest BCUT2D eigenvalue weighted by Crippen LogP contribution is 2.50. The molecule has 1 aromatic carbocycles. The first-order chi connectivity index (χ1) is 9.14. The standard InChI is InChI=1S/C15H20O4/c1-3-19-14(17)13(16)11-6-4-5-7-12(11)15(8-9-15)10-18-2/h4-7,13,16H,3,8-10H2,1-2H3. The molecule has 2 rings (SSSR count). The van der Waals surface area contributed by atoms with E-state index in [1.54, 1.807) is 20.1 Å². The largest absolute Gasteiger partial charge is 0.464 e. The molecule has 1 atom stereocenters. The van der Waals surface area contributed by atoms with Crippen LogP contribution in [0.4, 0.5) is 0 Å². The molecule has 19 heavy (non-hydrogen) atoms. The summed E-state index contributed by atoms with van der Waals surface area (Å²) in [5.41, 5.74) is 1.59. The van der Waals surface area contributed by atoms with E-state index in [1.165, 1.54) is 0 Å². The van der Waals surface area contributed by atoms with E-state index in [0.717, 1.165) is 18.4 Å². The molecule has 0 amide bonds. The quantitative estimate of drug-likeness (QED) is 0.798. The molecule has 0 aliphatic heterocycles. The van der Waals surface area contributed by atoms with Gasteiger partial charge in [0.1, 0.15) is 0 Å². The van der Waals surface area contributed by atoms with Gasteiger partial charge in [-0.25, -0.2) is 4.79 Å². The average Bonchev–Trinajstić information content (AvgIpc) is 3.19. The lowest BCUT2D eigenvalue weighted by Crippen LogP contribution is -2.22. The van der Waals surface area contributed by atoms with Gasteiger partial charge in [-0.15, -0.1) is 0 Å². The Morgan fingerprint density at radius 3 is 2.68 bits per heavy atom. The van der Waals surface area contributed by atoms with Crippen molar-refractivity contribution in [2.24, 2.45) is 0 Å². The Kier molecular flexibility index (Phi) is 4.22. The van der Waals surface area contributed by atoms with Crippen LogP contribution in [0.2, 0.25) is 0 Å². The van der Waals surface area contributed by atoms with Crippen LogP contribution in [0.1, 0.15) is 37.0 Å². The Morgan fingerprint density at radius 1 is 1.42 bits per heavy atom. The third-order valence-electron chi connectivity index (χ3n) is 3.61. The summed E-state index contributed by atoms with van der Waals surface area (Å²) < 4.78 is 10.2. The van der Waals surface area contributed by atoms with Gasteiger partial charge in [0, 0.05) is 12.5 Å². The number of methoxy groups -OCH3 is 1. The third kappa shape index (κ3) is 2.80. The lowest BCUT2D eigenvalue weighted by atomic mass is 9.89. The van der Waals surface area contributed by atoms with Crippen molar-refractivity contribution < 1.29 is 19.4 Å². The minimum absolute atomic E-state index is 0.0428. The van der Waals surface area contributed by atoms with Crippen LogP contribution >= 0.6 is 0 Å². The van der Waals surface area contributed by atoms with E-state index in [1.807, 2.05) is 18.2 Å². The molecule has 1 aromatic rings. The van der Waals surface area contributed by atoms with Crippen molar-refractivity contribution >= 4 is 5.97 Å². The van der Waals surface area contributed by atoms with E-state index in [4.69, 9.17) is 9.47 Å². The molecule has 0 heterocycles. The van der Waals surface area contributed by atoms with Gasteiger partial charge in [0.05, 0.1) is 13.2 Å². The monoisotopic (exact) mass is 264 g/mol. The highest BCUT2D eigenvalue weighted by atomic mass is 16.5. The molecule has 4 nitrogen and oxygen atoms in total. The summed E-state index contributed by atoms with van der Waals surface area (Å²) in [7, 11) is 1.67. The Morgan fingerprint density at radius 2 is 2.11 bits per heavy atom. The van der Waals surface area contributed by atoms with Crippen molar-refractivity contribution in [2.75, 3.05) is 20.3 Å². The first kappa shape index (κ1) is 14.0. The third-order valence-corrected chi connectivity index (χ3v) is 3.61. The number of rotatable bonds is 6. The van der Waals surface area contributed by atoms with Crippen LogP contribution in [0.25, 0.3) is 0 Å². The van der Waals surface area contributed by atoms with Crippen LogP contribution < -0.4 is 0 Å². The second-order valence-corrected chi connectivity index (χ2v) is 4.96. The van der Waals surface area contributed by atoms with Gasteiger partial charge >= 0.3 is 5.97 Å². The van der Waals surface area contributed by atoms with E-state index in [9.17, 15) is 9.90 Å². The maximum Gasteiger partial charge on any atom is 0.339 e. The fraction of sp³-hybridized carbons (Fsp3) is 0.533. The van der Waals surface area contributed by atoms with E-state index >= 15 is 0 Å². The molecular weight excluding hydrogens is 244 g/mol. The highest BCUT2D eigenvalue weighted by Gasteiger charge is 2.46. The molecule has 4 heteroatoms. The second kappa shape index (κ2) is 5.72. The molecule has 1 fully saturated rings. The number of carbonyl (C=O) groups is 1. The molecular formula is C15H20O4. The summed E-state index contributed by atoms with van der Waals surface area (Å²) in [5, 5.41) is 10.1. The number of aliphatic hydroxyl groups excluding tert-OH is 1. The molecule has 1 saturated carbocycles. The Balaban J connectivity index is 2.29. The van der Waals surface area contributed by atoms with Gasteiger partial charge in [0.15, 0.2) is 6.10 Å². The van der Waals surface area contributed by atoms with Crippen molar-refractivity contribution in [1.82, 2.24) is 0 Å². The lowest BCUT2D eigenvalue weighted by Gasteiger charge is -2.21. The zero-order chi connectivity index (χ0) is 13.9. The van der Waals surface area contributed by atoms with Crippen LogP contribution in [0.5, 0.6) is 0 Å². The molecule has 0 saturated heterocycles. The molecule has 1 aliphatic rings. The summed E-state index contributed by atoms with van der Waals surface area (Å²) in [6.45, 7) is 2.60. The SMILES string of the molecule is CCOC(=O)C(O)c1ccccc1C1(COC)CC1. The zero-order valence-corrected chi connectivity index (χ0v) is 11.4. The fourth-order valence-corrected chi connectivity index (χ4v) is 2.49. The highest BCUT2D eigenvalue weighted by molar-refractivity contribution is 5.77. The lowest BCUT2D eigenvalue weighted by molar-refractivity contribution is -0.153.